The van der Waals surface area contributed by atoms with Crippen molar-refractivity contribution in [1.29, 1.82) is 0 Å². The Morgan fingerprint density at radius 3 is 3.09 bits per heavy atom. The number of aromatic nitrogens is 2. The number of rotatable bonds is 4. The summed E-state index contributed by atoms with van der Waals surface area (Å²) in [4.78, 5) is 22.0. The largest absolute Gasteiger partial charge is 0.383 e. The lowest BCUT2D eigenvalue weighted by molar-refractivity contribution is -0.114. The van der Waals surface area contributed by atoms with E-state index < -0.39 is 0 Å². The number of nitrogens with one attached hydrogen (secondary N) is 1. The van der Waals surface area contributed by atoms with E-state index >= 15 is 0 Å². The molecule has 1 saturated heterocycles. The van der Waals surface area contributed by atoms with Crippen molar-refractivity contribution in [3.63, 3.8) is 0 Å². The number of carbonyl (C=O) groups excluding carboxylic acids is 1. The summed E-state index contributed by atoms with van der Waals surface area (Å²) in [5.74, 6) is 0.496. The molecular formula is C16H21N5O. The number of nitrogens with zero attached hydrogens (tertiary/aromatic N) is 3. The molecule has 0 spiro atoms. The number of nitrogens with two attached hydrogens (primary N) is 1. The molecule has 0 saturated carbocycles. The van der Waals surface area contributed by atoms with Crippen LogP contribution in [0, 0.1) is 0 Å². The van der Waals surface area contributed by atoms with E-state index in [4.69, 9.17) is 5.73 Å². The van der Waals surface area contributed by atoms with E-state index in [1.165, 1.54) is 6.33 Å². The van der Waals surface area contributed by atoms with Crippen LogP contribution in [0.5, 0.6) is 0 Å². The normalized spacial score (nSPS) is 22.8. The molecule has 2 heterocycles. The Balaban J connectivity index is 1.84. The molecule has 6 heteroatoms. The van der Waals surface area contributed by atoms with Gasteiger partial charge in [0, 0.05) is 31.1 Å². The van der Waals surface area contributed by atoms with Crippen molar-refractivity contribution in [2.24, 2.45) is 0 Å². The lowest BCUT2D eigenvalue weighted by atomic mass is 10.0. The molecule has 0 bridgehead atoms. The van der Waals surface area contributed by atoms with Crippen molar-refractivity contribution >= 4 is 23.0 Å². The van der Waals surface area contributed by atoms with Crippen LogP contribution in [0.1, 0.15) is 18.9 Å². The highest BCUT2D eigenvalue weighted by atomic mass is 16.1. The molecule has 2 atom stereocenters. The quantitative estimate of drug-likeness (QED) is 0.818. The third-order valence-electron chi connectivity index (χ3n) is 4.34. The molecule has 1 aromatic carbocycles. The molecule has 1 aromatic heterocycles. The van der Waals surface area contributed by atoms with Gasteiger partial charge in [-0.2, -0.15) is 0 Å². The maximum Gasteiger partial charge on any atom is 0.138 e. The summed E-state index contributed by atoms with van der Waals surface area (Å²) in [6, 6.07) is 6.16. The summed E-state index contributed by atoms with van der Waals surface area (Å²) in [6.07, 6.45) is 3.48. The summed E-state index contributed by atoms with van der Waals surface area (Å²) in [7, 11) is 0. The van der Waals surface area contributed by atoms with Gasteiger partial charge < -0.3 is 15.8 Å². The van der Waals surface area contributed by atoms with E-state index in [1.807, 2.05) is 18.2 Å². The first kappa shape index (κ1) is 14.9. The smallest absolute Gasteiger partial charge is 0.138 e. The van der Waals surface area contributed by atoms with E-state index in [9.17, 15) is 4.79 Å². The van der Waals surface area contributed by atoms with Gasteiger partial charge in [-0.15, -0.1) is 0 Å². The number of aldehydes is 1. The molecule has 1 aliphatic rings. The maximum absolute atomic E-state index is 11.5. The Morgan fingerprint density at radius 1 is 1.45 bits per heavy atom. The molecule has 0 amide bonds. The van der Waals surface area contributed by atoms with E-state index in [2.05, 4.69) is 27.1 Å². The molecule has 6 nitrogen and oxygen atoms in total. The summed E-state index contributed by atoms with van der Waals surface area (Å²) >= 11 is 0. The van der Waals surface area contributed by atoms with Gasteiger partial charge in [-0.05, 0) is 24.1 Å². The van der Waals surface area contributed by atoms with E-state index in [0.717, 1.165) is 48.8 Å². The van der Waals surface area contributed by atoms with Gasteiger partial charge >= 0.3 is 0 Å². The monoisotopic (exact) mass is 299 g/mol. The predicted octanol–water partition coefficient (Wildman–Crippen LogP) is 0.963. The van der Waals surface area contributed by atoms with Crippen molar-refractivity contribution in [2.45, 2.75) is 32.0 Å². The van der Waals surface area contributed by atoms with Crippen LogP contribution in [0.15, 0.2) is 24.5 Å². The Hall–Kier alpha value is -2.05. The standard InChI is InChI=1S/C16H21N5O/c1-2-13-15(9-22)21(6-5-18-13)8-11-3-4-12-14(7-11)19-10-20-16(12)17/h3-4,7,9-10,13,15,18H,2,5-6,8H2,1H3,(H2,17,19,20). The van der Waals surface area contributed by atoms with Gasteiger partial charge in [-0.3, -0.25) is 4.90 Å². The third kappa shape index (κ3) is 2.80. The van der Waals surface area contributed by atoms with Crippen molar-refractivity contribution in [2.75, 3.05) is 18.8 Å². The fourth-order valence-corrected chi connectivity index (χ4v) is 3.13. The highest BCUT2D eigenvalue weighted by molar-refractivity contribution is 5.88. The lowest BCUT2D eigenvalue weighted by Crippen LogP contribution is -2.57. The minimum atomic E-state index is -0.0788. The Bertz CT molecular complexity index is 675. The average Bonchev–Trinajstić information content (AvgIpc) is 2.54. The number of carbonyl (C=O) groups is 1. The zero-order valence-corrected chi connectivity index (χ0v) is 12.7. The molecule has 3 N–H and O–H groups in total. The molecule has 3 rings (SSSR count). The van der Waals surface area contributed by atoms with Gasteiger partial charge in [-0.1, -0.05) is 13.0 Å². The maximum atomic E-state index is 11.5. The third-order valence-corrected chi connectivity index (χ3v) is 4.34. The van der Waals surface area contributed by atoms with Crippen LogP contribution in [0.3, 0.4) is 0 Å². The summed E-state index contributed by atoms with van der Waals surface area (Å²) in [6.45, 7) is 4.62. The first-order valence-electron chi connectivity index (χ1n) is 7.64. The van der Waals surface area contributed by atoms with Crippen LogP contribution in [0.2, 0.25) is 0 Å². The number of anilines is 1. The minimum Gasteiger partial charge on any atom is -0.383 e. The van der Waals surface area contributed by atoms with E-state index in [-0.39, 0.29) is 12.1 Å². The van der Waals surface area contributed by atoms with Gasteiger partial charge in [0.15, 0.2) is 0 Å². The van der Waals surface area contributed by atoms with Crippen molar-refractivity contribution < 1.29 is 4.79 Å². The Morgan fingerprint density at radius 2 is 2.32 bits per heavy atom. The van der Waals surface area contributed by atoms with Crippen LogP contribution in [-0.2, 0) is 11.3 Å². The fourth-order valence-electron chi connectivity index (χ4n) is 3.13. The SMILES string of the molecule is CCC1NCCN(Cc2ccc3c(N)ncnc3c2)C1C=O. The van der Waals surface area contributed by atoms with Gasteiger partial charge in [0.05, 0.1) is 11.6 Å². The van der Waals surface area contributed by atoms with Crippen molar-refractivity contribution in [3.05, 3.63) is 30.1 Å². The number of benzene rings is 1. The van der Waals surface area contributed by atoms with Gasteiger partial charge in [0.1, 0.15) is 18.4 Å². The molecule has 1 fully saturated rings. The van der Waals surface area contributed by atoms with E-state index in [1.54, 1.807) is 0 Å². The lowest BCUT2D eigenvalue weighted by Gasteiger charge is -2.38. The van der Waals surface area contributed by atoms with Crippen molar-refractivity contribution in [3.8, 4) is 0 Å². The summed E-state index contributed by atoms with van der Waals surface area (Å²) in [5, 5.41) is 4.28. The van der Waals surface area contributed by atoms with Crippen LogP contribution in [0.4, 0.5) is 5.82 Å². The predicted molar refractivity (Wildman–Crippen MR) is 86.3 cm³/mol. The zero-order valence-electron chi connectivity index (χ0n) is 12.7. The molecule has 2 aromatic rings. The van der Waals surface area contributed by atoms with Crippen molar-refractivity contribution in [1.82, 2.24) is 20.2 Å². The van der Waals surface area contributed by atoms with Gasteiger partial charge in [0.25, 0.3) is 0 Å². The molecule has 0 radical (unpaired) electrons. The number of hydrogen-bond acceptors (Lipinski definition) is 6. The van der Waals surface area contributed by atoms with Crippen LogP contribution in [-0.4, -0.2) is 46.3 Å². The number of nitrogen functional groups attached to an aromatic ring is 1. The highest BCUT2D eigenvalue weighted by Gasteiger charge is 2.29. The molecule has 0 aliphatic carbocycles. The molecular weight excluding hydrogens is 278 g/mol. The van der Waals surface area contributed by atoms with Gasteiger partial charge in [-0.25, -0.2) is 9.97 Å². The zero-order chi connectivity index (χ0) is 15.5. The first-order valence-corrected chi connectivity index (χ1v) is 7.64. The van der Waals surface area contributed by atoms with E-state index in [0.29, 0.717) is 5.82 Å². The molecule has 2 unspecified atom stereocenters. The van der Waals surface area contributed by atoms with Gasteiger partial charge in [0.2, 0.25) is 0 Å². The molecule has 1 aliphatic heterocycles. The Kier molecular flexibility index (Phi) is 4.31. The topological polar surface area (TPSA) is 84.1 Å². The second kappa shape index (κ2) is 6.37. The Labute approximate surface area is 129 Å². The molecule has 116 valence electrons. The van der Waals surface area contributed by atoms with Crippen LogP contribution < -0.4 is 11.1 Å². The second-order valence-electron chi connectivity index (χ2n) is 5.68. The van der Waals surface area contributed by atoms with Crippen LogP contribution in [0.25, 0.3) is 10.9 Å². The highest BCUT2D eigenvalue weighted by Crippen LogP contribution is 2.20. The molecule has 22 heavy (non-hydrogen) atoms. The summed E-state index contributed by atoms with van der Waals surface area (Å²) < 4.78 is 0. The fraction of sp³-hybridized carbons (Fsp3) is 0.438. The number of hydrogen-bond donors (Lipinski definition) is 2. The first-order chi connectivity index (χ1) is 10.7. The number of piperazine rings is 1. The number of fused-ring (bicyclic) bond motifs is 1. The second-order valence-corrected chi connectivity index (χ2v) is 5.68. The average molecular weight is 299 g/mol. The summed E-state index contributed by atoms with van der Waals surface area (Å²) in [5.41, 5.74) is 7.83. The van der Waals surface area contributed by atoms with Crippen LogP contribution >= 0.6 is 0 Å². The minimum absolute atomic E-state index is 0.0788.